The van der Waals surface area contributed by atoms with Crippen LogP contribution in [0.15, 0.2) is 0 Å². The number of rotatable bonds is 5. The quantitative estimate of drug-likeness (QED) is 0.663. The molecule has 0 heterocycles. The molecule has 16 heavy (non-hydrogen) atoms. The third kappa shape index (κ3) is 4.10. The second kappa shape index (κ2) is 5.64. The van der Waals surface area contributed by atoms with Gasteiger partial charge in [-0.2, -0.15) is 0 Å². The van der Waals surface area contributed by atoms with Crippen molar-refractivity contribution in [3.8, 4) is 0 Å². The molecule has 0 spiro atoms. The zero-order valence-corrected chi connectivity index (χ0v) is 10.2. The summed E-state index contributed by atoms with van der Waals surface area (Å²) in [6.45, 7) is 4.54. The molecule has 0 aromatic carbocycles. The monoisotopic (exact) mass is 229 g/mol. The van der Waals surface area contributed by atoms with E-state index in [2.05, 4.69) is 12.2 Å². The number of hydrogen-bond acceptors (Lipinski definition) is 3. The lowest BCUT2D eigenvalue weighted by atomic mass is 9.83. The number of aliphatic carboxylic acids is 1. The van der Waals surface area contributed by atoms with Crippen molar-refractivity contribution in [2.45, 2.75) is 45.1 Å². The van der Waals surface area contributed by atoms with Crippen LogP contribution in [0.25, 0.3) is 0 Å². The fourth-order valence-electron chi connectivity index (χ4n) is 2.13. The van der Waals surface area contributed by atoms with Crippen LogP contribution in [0, 0.1) is 11.8 Å². The van der Waals surface area contributed by atoms with Crippen molar-refractivity contribution in [3.05, 3.63) is 0 Å². The summed E-state index contributed by atoms with van der Waals surface area (Å²) < 4.78 is 0. The maximum Gasteiger partial charge on any atom is 0.336 e. The highest BCUT2D eigenvalue weighted by molar-refractivity contribution is 5.76. The van der Waals surface area contributed by atoms with Crippen LogP contribution in [-0.2, 0) is 4.79 Å². The Kier molecular flexibility index (Phi) is 4.74. The Morgan fingerprint density at radius 3 is 2.44 bits per heavy atom. The average Bonchev–Trinajstić information content (AvgIpc) is 2.20. The van der Waals surface area contributed by atoms with Gasteiger partial charge in [0.1, 0.15) is 0 Å². The number of carboxylic acid groups (broad SMARTS) is 1. The van der Waals surface area contributed by atoms with E-state index < -0.39 is 11.6 Å². The molecule has 3 N–H and O–H groups in total. The minimum absolute atomic E-state index is 0.119. The lowest BCUT2D eigenvalue weighted by Crippen LogP contribution is -2.46. The van der Waals surface area contributed by atoms with Gasteiger partial charge in [0.25, 0.3) is 0 Å². The first-order valence-corrected chi connectivity index (χ1v) is 6.08. The van der Waals surface area contributed by atoms with E-state index >= 15 is 0 Å². The van der Waals surface area contributed by atoms with Crippen LogP contribution in [0.1, 0.15) is 39.5 Å². The van der Waals surface area contributed by atoms with Crippen molar-refractivity contribution < 1.29 is 15.0 Å². The van der Waals surface area contributed by atoms with Gasteiger partial charge in [-0.3, -0.25) is 0 Å². The van der Waals surface area contributed by atoms with E-state index in [-0.39, 0.29) is 6.54 Å². The van der Waals surface area contributed by atoms with Crippen LogP contribution in [-0.4, -0.2) is 34.9 Å². The third-order valence-electron chi connectivity index (χ3n) is 3.50. The van der Waals surface area contributed by atoms with Gasteiger partial charge in [0.15, 0.2) is 5.60 Å². The highest BCUT2D eigenvalue weighted by Crippen LogP contribution is 2.27. The largest absolute Gasteiger partial charge is 0.479 e. The molecule has 0 saturated heterocycles. The molecule has 1 saturated carbocycles. The number of nitrogens with one attached hydrogen (secondary N) is 1. The Morgan fingerprint density at radius 1 is 1.38 bits per heavy atom. The fourth-order valence-corrected chi connectivity index (χ4v) is 2.13. The van der Waals surface area contributed by atoms with Gasteiger partial charge < -0.3 is 15.5 Å². The molecule has 0 radical (unpaired) electrons. The maximum absolute atomic E-state index is 10.7. The van der Waals surface area contributed by atoms with E-state index in [1.165, 1.54) is 32.6 Å². The van der Waals surface area contributed by atoms with Gasteiger partial charge in [-0.1, -0.05) is 19.8 Å². The van der Waals surface area contributed by atoms with Gasteiger partial charge in [0.2, 0.25) is 0 Å². The molecule has 4 heteroatoms. The molecular formula is C12H23NO3. The standard InChI is InChI=1S/C12H23NO3/c1-9-3-5-10(6-4-9)7-13-8-12(2,16)11(14)15/h9-10,13,16H,3-8H2,1-2H3,(H,14,15). The van der Waals surface area contributed by atoms with Gasteiger partial charge in [0.05, 0.1) is 0 Å². The topological polar surface area (TPSA) is 69.6 Å². The predicted molar refractivity (Wildman–Crippen MR) is 62.3 cm³/mol. The number of hydrogen-bond donors (Lipinski definition) is 3. The summed E-state index contributed by atoms with van der Waals surface area (Å²) in [5.74, 6) is 0.302. The molecule has 94 valence electrons. The zero-order valence-electron chi connectivity index (χ0n) is 10.2. The summed E-state index contributed by atoms with van der Waals surface area (Å²) in [4.78, 5) is 10.7. The summed E-state index contributed by atoms with van der Waals surface area (Å²) in [6.07, 6.45) is 4.95. The zero-order chi connectivity index (χ0) is 12.2. The first kappa shape index (κ1) is 13.5. The van der Waals surface area contributed by atoms with Gasteiger partial charge in [-0.15, -0.1) is 0 Å². The fraction of sp³-hybridized carbons (Fsp3) is 0.917. The SMILES string of the molecule is CC1CCC(CNCC(C)(O)C(=O)O)CC1. The highest BCUT2D eigenvalue weighted by Gasteiger charge is 2.29. The molecule has 1 unspecified atom stereocenters. The lowest BCUT2D eigenvalue weighted by Gasteiger charge is -2.27. The van der Waals surface area contributed by atoms with Crippen LogP contribution < -0.4 is 5.32 Å². The van der Waals surface area contributed by atoms with Crippen LogP contribution in [0.5, 0.6) is 0 Å². The van der Waals surface area contributed by atoms with E-state index in [0.29, 0.717) is 5.92 Å². The Hall–Kier alpha value is -0.610. The molecule has 1 aliphatic rings. The van der Waals surface area contributed by atoms with Crippen molar-refractivity contribution in [1.82, 2.24) is 5.32 Å². The molecule has 1 fully saturated rings. The van der Waals surface area contributed by atoms with Crippen molar-refractivity contribution in [3.63, 3.8) is 0 Å². The predicted octanol–water partition coefficient (Wildman–Crippen LogP) is 1.24. The normalized spacial score (nSPS) is 29.7. The van der Waals surface area contributed by atoms with E-state index in [4.69, 9.17) is 5.11 Å². The second-order valence-corrected chi connectivity index (χ2v) is 5.34. The van der Waals surface area contributed by atoms with E-state index in [9.17, 15) is 9.90 Å². The number of carbonyl (C=O) groups is 1. The van der Waals surface area contributed by atoms with Crippen LogP contribution >= 0.6 is 0 Å². The second-order valence-electron chi connectivity index (χ2n) is 5.34. The van der Waals surface area contributed by atoms with E-state index in [0.717, 1.165) is 12.5 Å². The number of aliphatic hydroxyl groups is 1. The molecule has 1 aliphatic carbocycles. The van der Waals surface area contributed by atoms with Crippen molar-refractivity contribution in [2.24, 2.45) is 11.8 Å². The van der Waals surface area contributed by atoms with E-state index in [1.54, 1.807) is 0 Å². The summed E-state index contributed by atoms with van der Waals surface area (Å²) in [5, 5.41) is 21.3. The Labute approximate surface area is 97.0 Å². The minimum atomic E-state index is -1.65. The molecule has 0 aromatic rings. The van der Waals surface area contributed by atoms with Gasteiger partial charge in [0, 0.05) is 6.54 Å². The Morgan fingerprint density at radius 2 is 1.94 bits per heavy atom. The molecule has 1 rings (SSSR count). The van der Waals surface area contributed by atoms with Gasteiger partial charge >= 0.3 is 5.97 Å². The van der Waals surface area contributed by atoms with E-state index in [1.807, 2.05) is 0 Å². The first-order valence-electron chi connectivity index (χ1n) is 6.08. The first-order chi connectivity index (χ1) is 7.42. The van der Waals surface area contributed by atoms with Gasteiger partial charge in [-0.05, 0) is 38.1 Å². The number of carboxylic acids is 1. The molecular weight excluding hydrogens is 206 g/mol. The summed E-state index contributed by atoms with van der Waals surface area (Å²) in [5.41, 5.74) is -1.65. The molecule has 1 atom stereocenters. The minimum Gasteiger partial charge on any atom is -0.479 e. The Bertz CT molecular complexity index is 232. The van der Waals surface area contributed by atoms with Crippen LogP contribution in [0.2, 0.25) is 0 Å². The molecule has 4 nitrogen and oxygen atoms in total. The molecule has 0 aromatic heterocycles. The summed E-state index contributed by atoms with van der Waals surface area (Å²) >= 11 is 0. The smallest absolute Gasteiger partial charge is 0.336 e. The lowest BCUT2D eigenvalue weighted by molar-refractivity contribution is -0.156. The third-order valence-corrected chi connectivity index (χ3v) is 3.50. The maximum atomic E-state index is 10.7. The summed E-state index contributed by atoms with van der Waals surface area (Å²) in [6, 6.07) is 0. The average molecular weight is 229 g/mol. The van der Waals surface area contributed by atoms with Crippen LogP contribution in [0.3, 0.4) is 0 Å². The van der Waals surface area contributed by atoms with Crippen LogP contribution in [0.4, 0.5) is 0 Å². The molecule has 0 bridgehead atoms. The molecule has 0 amide bonds. The van der Waals surface area contributed by atoms with Crippen molar-refractivity contribution in [2.75, 3.05) is 13.1 Å². The van der Waals surface area contributed by atoms with Crippen molar-refractivity contribution in [1.29, 1.82) is 0 Å². The van der Waals surface area contributed by atoms with Crippen molar-refractivity contribution >= 4 is 5.97 Å². The summed E-state index contributed by atoms with van der Waals surface area (Å²) in [7, 11) is 0. The Balaban J connectivity index is 2.18. The van der Waals surface area contributed by atoms with Gasteiger partial charge in [-0.25, -0.2) is 4.79 Å². The molecule has 0 aliphatic heterocycles. The highest BCUT2D eigenvalue weighted by atomic mass is 16.4.